The van der Waals surface area contributed by atoms with Gasteiger partial charge >= 0.3 is 5.91 Å². The van der Waals surface area contributed by atoms with E-state index in [9.17, 15) is 4.79 Å². The summed E-state index contributed by atoms with van der Waals surface area (Å²) >= 11 is 0. The summed E-state index contributed by atoms with van der Waals surface area (Å²) in [7, 11) is 0. The number of hydrogen-bond acceptors (Lipinski definition) is 2. The predicted octanol–water partition coefficient (Wildman–Crippen LogP) is 16.5. The number of carbonyl (C=O) groups excluding carboxylic acids is 1. The van der Waals surface area contributed by atoms with Gasteiger partial charge in [0.25, 0.3) is 0 Å². The minimum absolute atomic E-state index is 0.419. The SMILES string of the molecule is CCCCCCCCCCCCCCCC[N+]1(C(=O)CCCCCCCCCCCCCCC)C=CN=C1CCCCCCCCCCCC. The molecule has 0 bridgehead atoms. The Morgan fingerprint density at radius 2 is 0.720 bits per heavy atom. The van der Waals surface area contributed by atoms with Gasteiger partial charge in [-0.2, -0.15) is 4.48 Å². The molecule has 3 nitrogen and oxygen atoms in total. The molecule has 0 fully saturated rings. The van der Waals surface area contributed by atoms with E-state index in [0.717, 1.165) is 38.1 Å². The summed E-state index contributed by atoms with van der Waals surface area (Å²) < 4.78 is 0.452. The van der Waals surface area contributed by atoms with Gasteiger partial charge in [0.1, 0.15) is 6.20 Å². The second-order valence-electron chi connectivity index (χ2n) is 16.4. The van der Waals surface area contributed by atoms with Gasteiger partial charge in [0, 0.05) is 6.42 Å². The fourth-order valence-electron chi connectivity index (χ4n) is 8.06. The van der Waals surface area contributed by atoms with E-state index in [2.05, 4.69) is 27.0 Å². The lowest BCUT2D eigenvalue weighted by Crippen LogP contribution is -2.52. The summed E-state index contributed by atoms with van der Waals surface area (Å²) in [6.45, 7) is 7.83. The fraction of sp³-hybridized carbons (Fsp3) is 0.915. The van der Waals surface area contributed by atoms with Gasteiger partial charge in [-0.3, -0.25) is 0 Å². The van der Waals surface area contributed by atoms with Crippen molar-refractivity contribution < 1.29 is 9.28 Å². The monoisotopic (exact) mass is 700 g/mol. The van der Waals surface area contributed by atoms with Crippen LogP contribution in [0.4, 0.5) is 0 Å². The van der Waals surface area contributed by atoms with E-state index in [1.807, 2.05) is 6.20 Å². The maximum absolute atomic E-state index is 14.0. The number of quaternary nitrogens is 1. The lowest BCUT2D eigenvalue weighted by Gasteiger charge is -2.30. The molecular weight excluding hydrogens is 609 g/mol. The van der Waals surface area contributed by atoms with E-state index in [4.69, 9.17) is 4.99 Å². The summed E-state index contributed by atoms with van der Waals surface area (Å²) in [6.07, 6.45) is 56.1. The lowest BCUT2D eigenvalue weighted by molar-refractivity contribution is -0.708. The predicted molar refractivity (Wildman–Crippen MR) is 224 cm³/mol. The third kappa shape index (κ3) is 25.9. The van der Waals surface area contributed by atoms with Crippen LogP contribution in [0.5, 0.6) is 0 Å². The zero-order valence-corrected chi connectivity index (χ0v) is 34.7. The van der Waals surface area contributed by atoms with Crippen LogP contribution in [0, 0.1) is 0 Å². The first-order valence-electron chi connectivity index (χ1n) is 23.4. The molecule has 0 saturated carbocycles. The average Bonchev–Trinajstić information content (AvgIpc) is 3.54. The van der Waals surface area contributed by atoms with Gasteiger partial charge in [-0.05, 0) is 25.7 Å². The van der Waals surface area contributed by atoms with E-state index >= 15 is 0 Å². The van der Waals surface area contributed by atoms with Crippen molar-refractivity contribution in [1.82, 2.24) is 0 Å². The van der Waals surface area contributed by atoms with E-state index in [-0.39, 0.29) is 0 Å². The van der Waals surface area contributed by atoms with Crippen molar-refractivity contribution in [2.45, 2.75) is 271 Å². The van der Waals surface area contributed by atoms with Crippen molar-refractivity contribution in [3.8, 4) is 0 Å². The van der Waals surface area contributed by atoms with Crippen LogP contribution >= 0.6 is 0 Å². The first kappa shape index (κ1) is 47.1. The molecule has 0 N–H and O–H groups in total. The summed E-state index contributed by atoms with van der Waals surface area (Å²) in [4.78, 5) is 18.8. The minimum atomic E-state index is 0.419. The summed E-state index contributed by atoms with van der Waals surface area (Å²) in [5.41, 5.74) is 0. The van der Waals surface area contributed by atoms with Crippen molar-refractivity contribution in [3.63, 3.8) is 0 Å². The van der Waals surface area contributed by atoms with E-state index in [0.29, 0.717) is 10.4 Å². The molecule has 1 aliphatic rings. The number of amides is 1. The zero-order valence-electron chi connectivity index (χ0n) is 34.7. The molecule has 1 aliphatic heterocycles. The molecule has 0 aromatic heterocycles. The normalized spacial score (nSPS) is 15.7. The number of carbonyl (C=O) groups is 1. The van der Waals surface area contributed by atoms with Crippen molar-refractivity contribution in [2.75, 3.05) is 6.54 Å². The van der Waals surface area contributed by atoms with Crippen molar-refractivity contribution in [1.29, 1.82) is 0 Å². The summed E-state index contributed by atoms with van der Waals surface area (Å²) in [6, 6.07) is 0. The van der Waals surface area contributed by atoms with Gasteiger partial charge in [0.15, 0.2) is 0 Å². The number of aliphatic imine (C=N–C) groups is 1. The lowest BCUT2D eigenvalue weighted by atomic mass is 10.0. The van der Waals surface area contributed by atoms with Gasteiger partial charge < -0.3 is 0 Å². The molecule has 1 heterocycles. The topological polar surface area (TPSA) is 29.4 Å². The summed E-state index contributed by atoms with van der Waals surface area (Å²) in [5.74, 6) is 1.57. The van der Waals surface area contributed by atoms with E-state index in [1.54, 1.807) is 0 Å². The average molecular weight is 700 g/mol. The second-order valence-corrected chi connectivity index (χ2v) is 16.4. The molecule has 294 valence electrons. The van der Waals surface area contributed by atoms with Crippen molar-refractivity contribution >= 4 is 11.7 Å². The Bertz CT molecular complexity index is 788. The van der Waals surface area contributed by atoms with E-state index in [1.165, 1.54) is 225 Å². The van der Waals surface area contributed by atoms with Gasteiger partial charge in [-0.15, -0.1) is 0 Å². The van der Waals surface area contributed by atoms with Crippen LogP contribution in [0.2, 0.25) is 0 Å². The molecule has 0 radical (unpaired) electrons. The smallest absolute Gasteiger partial charge is 0.230 e. The van der Waals surface area contributed by atoms with Gasteiger partial charge in [0.2, 0.25) is 5.84 Å². The third-order valence-corrected chi connectivity index (χ3v) is 11.6. The molecule has 0 saturated heterocycles. The number of rotatable bonds is 40. The number of nitrogens with zero attached hydrogens (tertiary/aromatic N) is 2. The molecule has 3 heteroatoms. The van der Waals surface area contributed by atoms with Crippen LogP contribution in [0.15, 0.2) is 17.4 Å². The fourth-order valence-corrected chi connectivity index (χ4v) is 8.06. The molecule has 0 spiro atoms. The van der Waals surface area contributed by atoms with Crippen LogP contribution in [0.1, 0.15) is 271 Å². The summed E-state index contributed by atoms with van der Waals surface area (Å²) in [5, 5.41) is 0. The van der Waals surface area contributed by atoms with Crippen LogP contribution < -0.4 is 0 Å². The van der Waals surface area contributed by atoms with Crippen molar-refractivity contribution in [2.24, 2.45) is 4.99 Å². The van der Waals surface area contributed by atoms with Crippen molar-refractivity contribution in [3.05, 3.63) is 12.4 Å². The first-order valence-corrected chi connectivity index (χ1v) is 23.4. The number of unbranched alkanes of at least 4 members (excludes halogenated alkanes) is 34. The molecular formula is C47H91N2O+. The Hall–Kier alpha value is -0.960. The Labute approximate surface area is 315 Å². The van der Waals surface area contributed by atoms with Gasteiger partial charge in [-0.1, -0.05) is 233 Å². The molecule has 1 amide bonds. The third-order valence-electron chi connectivity index (χ3n) is 11.6. The molecule has 0 aromatic carbocycles. The highest BCUT2D eigenvalue weighted by molar-refractivity contribution is 5.90. The molecule has 50 heavy (non-hydrogen) atoms. The van der Waals surface area contributed by atoms with Crippen LogP contribution in [-0.2, 0) is 4.79 Å². The number of amidine groups is 1. The largest absolute Gasteiger partial charge is 0.324 e. The molecule has 0 aliphatic carbocycles. The Balaban J connectivity index is 2.37. The Kier molecular flexibility index (Phi) is 34.3. The second kappa shape index (κ2) is 36.4. The highest BCUT2D eigenvalue weighted by atomic mass is 16.2. The van der Waals surface area contributed by atoms with Gasteiger partial charge in [0.05, 0.1) is 19.2 Å². The maximum atomic E-state index is 14.0. The standard InChI is InChI=1S/C47H91N2O/c1-4-7-10-13-16-19-22-24-26-28-31-34-37-40-44-49(45-43-48-46(49)41-38-35-32-29-21-18-15-12-9-6-3)47(50)42-39-36-33-30-27-25-23-20-17-14-11-8-5-2/h43,45H,4-42,44H2,1-3H3/q+1. The van der Waals surface area contributed by atoms with Crippen LogP contribution in [0.25, 0.3) is 0 Å². The molecule has 0 aromatic rings. The maximum Gasteiger partial charge on any atom is 0.324 e. The van der Waals surface area contributed by atoms with Gasteiger partial charge in [-0.25, -0.2) is 9.79 Å². The van der Waals surface area contributed by atoms with Crippen LogP contribution in [0.3, 0.4) is 0 Å². The Morgan fingerprint density at radius 1 is 0.420 bits per heavy atom. The molecule has 1 unspecified atom stereocenters. The zero-order chi connectivity index (χ0) is 36.1. The van der Waals surface area contributed by atoms with E-state index < -0.39 is 0 Å². The number of hydrogen-bond donors (Lipinski definition) is 0. The highest BCUT2D eigenvalue weighted by Crippen LogP contribution is 2.26. The highest BCUT2D eigenvalue weighted by Gasteiger charge is 2.41. The Morgan fingerprint density at radius 3 is 1.08 bits per heavy atom. The molecule has 1 atom stereocenters. The first-order chi connectivity index (χ1) is 24.7. The minimum Gasteiger partial charge on any atom is -0.230 e. The quantitative estimate of drug-likeness (QED) is 0.0462. The van der Waals surface area contributed by atoms with Crippen LogP contribution in [-0.4, -0.2) is 22.8 Å². The molecule has 1 rings (SSSR count).